The summed E-state index contributed by atoms with van der Waals surface area (Å²) in [7, 11) is -1.28. The van der Waals surface area contributed by atoms with E-state index in [2.05, 4.69) is 5.32 Å². The quantitative estimate of drug-likeness (QED) is 0.821. The Bertz CT molecular complexity index is 520. The maximum absolute atomic E-state index is 12.9. The number of amides is 1. The highest BCUT2D eigenvalue weighted by Crippen LogP contribution is 2.20. The first-order chi connectivity index (χ1) is 9.23. The summed E-state index contributed by atoms with van der Waals surface area (Å²) in [6.45, 7) is 7.40. The lowest BCUT2D eigenvalue weighted by molar-refractivity contribution is -0.115. The van der Waals surface area contributed by atoms with E-state index >= 15 is 0 Å². The predicted octanol–water partition coefficient (Wildman–Crippen LogP) is 2.53. The van der Waals surface area contributed by atoms with Gasteiger partial charge in [0.05, 0.1) is 11.4 Å². The lowest BCUT2D eigenvalue weighted by Crippen LogP contribution is -2.35. The van der Waals surface area contributed by atoms with Gasteiger partial charge >= 0.3 is 0 Å². The maximum Gasteiger partial charge on any atom is 0.239 e. The van der Waals surface area contributed by atoms with Gasteiger partial charge in [0, 0.05) is 16.0 Å². The van der Waals surface area contributed by atoms with Gasteiger partial charge in [-0.05, 0) is 31.0 Å². The van der Waals surface area contributed by atoms with E-state index in [-0.39, 0.29) is 22.8 Å². The molecule has 6 heteroatoms. The van der Waals surface area contributed by atoms with Crippen LogP contribution < -0.4 is 11.1 Å². The van der Waals surface area contributed by atoms with E-state index in [1.807, 2.05) is 20.8 Å². The summed E-state index contributed by atoms with van der Waals surface area (Å²) in [6.07, 6.45) is 0. The Balaban J connectivity index is 2.78. The number of halogens is 1. The number of hydrogen-bond acceptors (Lipinski definition) is 3. The third-order valence-corrected chi connectivity index (χ3v) is 5.48. The number of carbonyl (C=O) groups excluding carboxylic acids is 1. The van der Waals surface area contributed by atoms with E-state index in [0.29, 0.717) is 5.69 Å². The fraction of sp³-hybridized carbons (Fsp3) is 0.500. The smallest absolute Gasteiger partial charge is 0.239 e. The minimum atomic E-state index is -1.28. The number of hydrogen-bond donors (Lipinski definition) is 2. The Kier molecular flexibility index (Phi) is 5.68. The molecule has 0 radical (unpaired) electrons. The van der Waals surface area contributed by atoms with Crippen molar-refractivity contribution in [3.8, 4) is 0 Å². The van der Waals surface area contributed by atoms with Gasteiger partial charge in [-0.1, -0.05) is 20.8 Å². The molecule has 0 aromatic heterocycles. The fourth-order valence-electron chi connectivity index (χ4n) is 1.58. The van der Waals surface area contributed by atoms with Crippen LogP contribution in [0.5, 0.6) is 0 Å². The molecule has 3 atom stereocenters. The van der Waals surface area contributed by atoms with Gasteiger partial charge in [0.25, 0.3) is 0 Å². The highest BCUT2D eigenvalue weighted by Gasteiger charge is 2.26. The Hall–Kier alpha value is -1.43. The van der Waals surface area contributed by atoms with Crippen molar-refractivity contribution in [3.05, 3.63) is 24.0 Å². The molecular weight excluding hydrogens is 279 g/mol. The van der Waals surface area contributed by atoms with Gasteiger partial charge in [0.1, 0.15) is 11.1 Å². The maximum atomic E-state index is 12.9. The molecule has 4 nitrogen and oxygen atoms in total. The van der Waals surface area contributed by atoms with Gasteiger partial charge in [-0.25, -0.2) is 4.39 Å². The predicted molar refractivity (Wildman–Crippen MR) is 81.3 cm³/mol. The van der Waals surface area contributed by atoms with Gasteiger partial charge in [-0.15, -0.1) is 0 Å². The summed E-state index contributed by atoms with van der Waals surface area (Å²) in [5.41, 5.74) is 6.10. The zero-order chi connectivity index (χ0) is 15.4. The van der Waals surface area contributed by atoms with Crippen molar-refractivity contribution in [2.45, 2.75) is 38.2 Å². The molecule has 1 amide bonds. The average molecular weight is 300 g/mol. The molecule has 1 aromatic rings. The topological polar surface area (TPSA) is 72.2 Å². The number of nitrogens with one attached hydrogen (secondary N) is 1. The summed E-state index contributed by atoms with van der Waals surface area (Å²) in [4.78, 5) is 12.1. The monoisotopic (exact) mass is 300 g/mol. The van der Waals surface area contributed by atoms with E-state index in [0.717, 1.165) is 6.07 Å². The van der Waals surface area contributed by atoms with Crippen molar-refractivity contribution in [1.29, 1.82) is 0 Å². The van der Waals surface area contributed by atoms with Crippen LogP contribution in [0.1, 0.15) is 27.7 Å². The van der Waals surface area contributed by atoms with Crippen LogP contribution in [0, 0.1) is 11.7 Å². The summed E-state index contributed by atoms with van der Waals surface area (Å²) in [6, 6.07) is 3.74. The zero-order valence-corrected chi connectivity index (χ0v) is 13.0. The molecule has 0 saturated heterocycles. The van der Waals surface area contributed by atoms with Crippen LogP contribution in [-0.4, -0.2) is 20.6 Å². The van der Waals surface area contributed by atoms with E-state index in [9.17, 15) is 13.4 Å². The van der Waals surface area contributed by atoms with E-state index in [4.69, 9.17) is 5.73 Å². The summed E-state index contributed by atoms with van der Waals surface area (Å²) < 4.78 is 25.1. The number of benzene rings is 1. The molecule has 20 heavy (non-hydrogen) atoms. The van der Waals surface area contributed by atoms with Crippen molar-refractivity contribution in [1.82, 2.24) is 0 Å². The SMILES string of the molecule is CC(C)C(C)S(=O)C(C)C(=O)Nc1ccc(F)cc1N. The van der Waals surface area contributed by atoms with Crippen LogP contribution in [0.3, 0.4) is 0 Å². The molecule has 0 aliphatic heterocycles. The number of nitrogen functional groups attached to an aromatic ring is 1. The Morgan fingerprint density at radius 1 is 1.30 bits per heavy atom. The van der Waals surface area contributed by atoms with E-state index in [1.165, 1.54) is 12.1 Å². The van der Waals surface area contributed by atoms with E-state index in [1.54, 1.807) is 6.92 Å². The molecule has 0 aliphatic rings. The van der Waals surface area contributed by atoms with Crippen molar-refractivity contribution in [2.24, 2.45) is 5.92 Å². The summed E-state index contributed by atoms with van der Waals surface area (Å²) in [5.74, 6) is -0.623. The molecule has 112 valence electrons. The minimum Gasteiger partial charge on any atom is -0.397 e. The highest BCUT2D eigenvalue weighted by atomic mass is 32.2. The highest BCUT2D eigenvalue weighted by molar-refractivity contribution is 7.87. The number of nitrogens with two attached hydrogens (primary N) is 1. The number of rotatable bonds is 5. The van der Waals surface area contributed by atoms with Crippen molar-refractivity contribution in [2.75, 3.05) is 11.1 Å². The van der Waals surface area contributed by atoms with Gasteiger partial charge in [0.2, 0.25) is 5.91 Å². The molecule has 0 heterocycles. The number of carbonyl (C=O) groups is 1. The van der Waals surface area contributed by atoms with Crippen LogP contribution in [0.15, 0.2) is 18.2 Å². The zero-order valence-electron chi connectivity index (χ0n) is 12.1. The van der Waals surface area contributed by atoms with Crippen molar-refractivity contribution < 1.29 is 13.4 Å². The lowest BCUT2D eigenvalue weighted by atomic mass is 10.2. The second-order valence-electron chi connectivity index (χ2n) is 5.14. The lowest BCUT2D eigenvalue weighted by Gasteiger charge is -2.20. The van der Waals surface area contributed by atoms with Crippen molar-refractivity contribution in [3.63, 3.8) is 0 Å². The van der Waals surface area contributed by atoms with Gasteiger partial charge in [-0.3, -0.25) is 9.00 Å². The first-order valence-corrected chi connectivity index (χ1v) is 7.77. The molecule has 0 aliphatic carbocycles. The molecule has 0 fully saturated rings. The van der Waals surface area contributed by atoms with Gasteiger partial charge in [-0.2, -0.15) is 0 Å². The van der Waals surface area contributed by atoms with Crippen LogP contribution in [0.4, 0.5) is 15.8 Å². The Morgan fingerprint density at radius 3 is 2.40 bits per heavy atom. The number of anilines is 2. The molecule has 1 aromatic carbocycles. The second-order valence-corrected chi connectivity index (χ2v) is 7.25. The largest absolute Gasteiger partial charge is 0.397 e. The molecular formula is C14H21FN2O2S. The van der Waals surface area contributed by atoms with Gasteiger partial charge < -0.3 is 11.1 Å². The fourth-order valence-corrected chi connectivity index (χ4v) is 3.03. The molecule has 0 bridgehead atoms. The molecule has 1 rings (SSSR count). The van der Waals surface area contributed by atoms with Gasteiger partial charge in [0.15, 0.2) is 0 Å². The third-order valence-electron chi connectivity index (χ3n) is 3.29. The molecule has 3 N–H and O–H groups in total. The van der Waals surface area contributed by atoms with Crippen LogP contribution >= 0.6 is 0 Å². The first-order valence-electron chi connectivity index (χ1n) is 6.49. The third kappa shape index (κ3) is 4.03. The van der Waals surface area contributed by atoms with Crippen LogP contribution in [0.2, 0.25) is 0 Å². The average Bonchev–Trinajstić information content (AvgIpc) is 2.39. The second kappa shape index (κ2) is 6.83. The Labute approximate surface area is 121 Å². The van der Waals surface area contributed by atoms with Crippen LogP contribution in [-0.2, 0) is 15.6 Å². The minimum absolute atomic E-state index is 0.0821. The first kappa shape index (κ1) is 16.6. The Morgan fingerprint density at radius 2 is 1.90 bits per heavy atom. The van der Waals surface area contributed by atoms with E-state index < -0.39 is 21.9 Å². The van der Waals surface area contributed by atoms with Crippen molar-refractivity contribution >= 4 is 28.1 Å². The normalized spacial score (nSPS) is 15.7. The molecule has 0 spiro atoms. The standard InChI is InChI=1S/C14H21FN2O2S/c1-8(2)9(3)20(19)10(4)14(18)17-13-6-5-11(15)7-12(13)16/h5-10H,16H2,1-4H3,(H,17,18). The molecule has 0 saturated carbocycles. The summed E-state index contributed by atoms with van der Waals surface area (Å²) >= 11 is 0. The molecule has 3 unspecified atom stereocenters. The summed E-state index contributed by atoms with van der Waals surface area (Å²) in [5, 5.41) is 1.85. The van der Waals surface area contributed by atoms with Crippen LogP contribution in [0.25, 0.3) is 0 Å².